The van der Waals surface area contributed by atoms with Crippen LogP contribution >= 0.6 is 11.8 Å². The van der Waals surface area contributed by atoms with Gasteiger partial charge in [-0.1, -0.05) is 6.07 Å². The molecule has 0 radical (unpaired) electrons. The smallest absolute Gasteiger partial charge is 0.290 e. The van der Waals surface area contributed by atoms with Gasteiger partial charge in [0, 0.05) is 23.8 Å². The highest BCUT2D eigenvalue weighted by atomic mass is 32.2. The molecule has 1 saturated heterocycles. The van der Waals surface area contributed by atoms with Crippen LogP contribution in [-0.2, 0) is 4.79 Å². The third-order valence-electron chi connectivity index (χ3n) is 3.96. The molecule has 1 aliphatic heterocycles. The number of aromatic nitrogens is 2. The van der Waals surface area contributed by atoms with Crippen LogP contribution in [0.2, 0.25) is 0 Å². The molecule has 1 aliphatic rings. The van der Waals surface area contributed by atoms with Gasteiger partial charge in [0.2, 0.25) is 5.88 Å². The average Bonchev–Trinajstić information content (AvgIpc) is 2.98. The van der Waals surface area contributed by atoms with Gasteiger partial charge in [0.25, 0.3) is 11.1 Å². The highest BCUT2D eigenvalue weighted by Gasteiger charge is 2.24. The van der Waals surface area contributed by atoms with Gasteiger partial charge in [0.05, 0.1) is 17.5 Å². The first kappa shape index (κ1) is 16.3. The number of fused-ring (bicyclic) bond motifs is 1. The summed E-state index contributed by atoms with van der Waals surface area (Å²) < 4.78 is 5.21. The monoisotopic (exact) mass is 363 g/mol. The van der Waals surface area contributed by atoms with E-state index in [1.54, 1.807) is 25.6 Å². The third-order valence-corrected chi connectivity index (χ3v) is 4.77. The predicted molar refractivity (Wildman–Crippen MR) is 101 cm³/mol. The molecule has 1 N–H and O–H groups in total. The van der Waals surface area contributed by atoms with E-state index in [2.05, 4.69) is 15.3 Å². The number of methoxy groups -OCH3 is 1. The van der Waals surface area contributed by atoms with Crippen molar-refractivity contribution < 1.29 is 14.3 Å². The molecule has 128 valence electrons. The van der Waals surface area contributed by atoms with E-state index in [0.29, 0.717) is 10.8 Å². The zero-order chi connectivity index (χ0) is 18.1. The van der Waals surface area contributed by atoms with Crippen molar-refractivity contribution in [3.63, 3.8) is 0 Å². The Kier molecular flexibility index (Phi) is 4.14. The number of carbonyl (C=O) groups is 2. The van der Waals surface area contributed by atoms with Gasteiger partial charge in [0.15, 0.2) is 0 Å². The normalized spacial score (nSPS) is 15.5. The van der Waals surface area contributed by atoms with Crippen molar-refractivity contribution in [1.82, 2.24) is 15.3 Å². The molecule has 26 heavy (non-hydrogen) atoms. The van der Waals surface area contributed by atoms with Crippen LogP contribution < -0.4 is 10.1 Å². The standard InChI is InChI=1S/C19H13N3O3S/c1-25-17-10-12(4-6-21-17)13-5-7-20-15-3-2-11(8-14(13)15)9-16-18(23)22-19(24)26-16/h2-10H,1H3,(H,22,23,24)/b16-9-. The van der Waals surface area contributed by atoms with Crippen LogP contribution in [-0.4, -0.2) is 28.2 Å². The summed E-state index contributed by atoms with van der Waals surface area (Å²) in [6, 6.07) is 11.4. The van der Waals surface area contributed by atoms with E-state index >= 15 is 0 Å². The van der Waals surface area contributed by atoms with Crippen molar-refractivity contribution >= 4 is 39.9 Å². The molecule has 0 spiro atoms. The van der Waals surface area contributed by atoms with Gasteiger partial charge in [-0.05, 0) is 58.8 Å². The second kappa shape index (κ2) is 6.61. The summed E-state index contributed by atoms with van der Waals surface area (Å²) in [6.07, 6.45) is 5.15. The molecule has 3 aromatic rings. The summed E-state index contributed by atoms with van der Waals surface area (Å²) in [7, 11) is 1.58. The summed E-state index contributed by atoms with van der Waals surface area (Å²) in [4.78, 5) is 32.0. The number of ether oxygens (including phenoxy) is 1. The van der Waals surface area contributed by atoms with Crippen molar-refractivity contribution in [2.24, 2.45) is 0 Å². The van der Waals surface area contributed by atoms with E-state index in [0.717, 1.165) is 39.4 Å². The topological polar surface area (TPSA) is 81.2 Å². The highest BCUT2D eigenvalue weighted by Crippen LogP contribution is 2.31. The minimum Gasteiger partial charge on any atom is -0.481 e. The Morgan fingerprint density at radius 3 is 2.69 bits per heavy atom. The fraction of sp³-hybridized carbons (Fsp3) is 0.0526. The molecule has 1 fully saturated rings. The molecule has 2 amide bonds. The Balaban J connectivity index is 1.83. The number of thioether (sulfide) groups is 1. The lowest BCUT2D eigenvalue weighted by atomic mass is 10.0. The maximum Gasteiger partial charge on any atom is 0.290 e. The highest BCUT2D eigenvalue weighted by molar-refractivity contribution is 8.18. The average molecular weight is 363 g/mol. The minimum absolute atomic E-state index is 0.353. The molecular weight excluding hydrogens is 350 g/mol. The van der Waals surface area contributed by atoms with Gasteiger partial charge in [0.1, 0.15) is 0 Å². The van der Waals surface area contributed by atoms with Gasteiger partial charge in [-0.15, -0.1) is 0 Å². The van der Waals surface area contributed by atoms with E-state index < -0.39 is 0 Å². The summed E-state index contributed by atoms with van der Waals surface area (Å²) in [5, 5.41) is 2.84. The Bertz CT molecular complexity index is 1080. The fourth-order valence-corrected chi connectivity index (χ4v) is 3.45. The largest absolute Gasteiger partial charge is 0.481 e. The number of carbonyl (C=O) groups excluding carboxylic acids is 2. The van der Waals surface area contributed by atoms with Gasteiger partial charge in [-0.25, -0.2) is 4.98 Å². The zero-order valence-electron chi connectivity index (χ0n) is 13.7. The number of benzene rings is 1. The number of pyridine rings is 2. The van der Waals surface area contributed by atoms with Crippen LogP contribution in [0.4, 0.5) is 4.79 Å². The van der Waals surface area contributed by atoms with Gasteiger partial charge < -0.3 is 4.74 Å². The number of amides is 2. The van der Waals surface area contributed by atoms with E-state index in [9.17, 15) is 9.59 Å². The summed E-state index contributed by atoms with van der Waals surface area (Å²) in [6.45, 7) is 0. The number of imide groups is 1. The van der Waals surface area contributed by atoms with Gasteiger partial charge >= 0.3 is 0 Å². The Hall–Kier alpha value is -3.19. The number of hydrogen-bond acceptors (Lipinski definition) is 6. The quantitative estimate of drug-likeness (QED) is 0.716. The molecule has 0 atom stereocenters. The van der Waals surface area contributed by atoms with Crippen LogP contribution in [0.15, 0.2) is 53.7 Å². The molecule has 2 aromatic heterocycles. The van der Waals surface area contributed by atoms with Crippen LogP contribution in [0, 0.1) is 0 Å². The summed E-state index contributed by atoms with van der Waals surface area (Å²) in [5.41, 5.74) is 3.59. The van der Waals surface area contributed by atoms with E-state index in [-0.39, 0.29) is 11.1 Å². The van der Waals surface area contributed by atoms with Crippen molar-refractivity contribution in [3.8, 4) is 17.0 Å². The molecule has 7 heteroatoms. The zero-order valence-corrected chi connectivity index (χ0v) is 14.5. The first-order valence-electron chi connectivity index (χ1n) is 7.78. The predicted octanol–water partition coefficient (Wildman–Crippen LogP) is 3.63. The lowest BCUT2D eigenvalue weighted by Gasteiger charge is -2.08. The molecule has 0 bridgehead atoms. The molecule has 3 heterocycles. The lowest BCUT2D eigenvalue weighted by Crippen LogP contribution is -2.17. The first-order chi connectivity index (χ1) is 12.6. The van der Waals surface area contributed by atoms with Crippen molar-refractivity contribution in [3.05, 3.63) is 59.3 Å². The maximum atomic E-state index is 11.8. The SMILES string of the molecule is COc1cc(-c2ccnc3ccc(/C=C4\SC(=O)NC4=O)cc23)ccn1. The number of rotatable bonds is 3. The fourth-order valence-electron chi connectivity index (χ4n) is 2.77. The maximum absolute atomic E-state index is 11.8. The van der Waals surface area contributed by atoms with Crippen LogP contribution in [0.1, 0.15) is 5.56 Å². The van der Waals surface area contributed by atoms with Crippen LogP contribution in [0.5, 0.6) is 5.88 Å². The molecule has 1 aromatic carbocycles. The van der Waals surface area contributed by atoms with Crippen molar-refractivity contribution in [2.45, 2.75) is 0 Å². The van der Waals surface area contributed by atoms with Crippen molar-refractivity contribution in [1.29, 1.82) is 0 Å². The van der Waals surface area contributed by atoms with E-state index in [1.165, 1.54) is 0 Å². The Morgan fingerprint density at radius 2 is 1.92 bits per heavy atom. The molecule has 4 rings (SSSR count). The minimum atomic E-state index is -0.370. The van der Waals surface area contributed by atoms with E-state index in [4.69, 9.17) is 4.74 Å². The number of nitrogens with one attached hydrogen (secondary N) is 1. The second-order valence-corrected chi connectivity index (χ2v) is 6.59. The van der Waals surface area contributed by atoms with Crippen LogP contribution in [0.3, 0.4) is 0 Å². The molecule has 0 saturated carbocycles. The molecule has 6 nitrogen and oxygen atoms in total. The lowest BCUT2D eigenvalue weighted by molar-refractivity contribution is -0.115. The van der Waals surface area contributed by atoms with Crippen molar-refractivity contribution in [2.75, 3.05) is 7.11 Å². The second-order valence-electron chi connectivity index (χ2n) is 5.57. The van der Waals surface area contributed by atoms with Gasteiger partial charge in [-0.3, -0.25) is 19.9 Å². The third kappa shape index (κ3) is 3.04. The first-order valence-corrected chi connectivity index (χ1v) is 8.60. The Labute approximate surface area is 153 Å². The van der Waals surface area contributed by atoms with Crippen LogP contribution in [0.25, 0.3) is 28.1 Å². The molecule has 0 unspecified atom stereocenters. The summed E-state index contributed by atoms with van der Waals surface area (Å²) >= 11 is 0.901. The summed E-state index contributed by atoms with van der Waals surface area (Å²) in [5.74, 6) is 0.161. The van der Waals surface area contributed by atoms with E-state index in [1.807, 2.05) is 36.4 Å². The van der Waals surface area contributed by atoms with Gasteiger partial charge in [-0.2, -0.15) is 0 Å². The molecule has 0 aliphatic carbocycles. The molecular formula is C19H13N3O3S. The Morgan fingerprint density at radius 1 is 1.08 bits per heavy atom. The number of nitrogens with zero attached hydrogens (tertiary/aromatic N) is 2. The number of hydrogen-bond donors (Lipinski definition) is 1.